The minimum Gasteiger partial charge on any atom is -0.392 e. The number of anilines is 2. The second-order valence-electron chi connectivity index (χ2n) is 7.43. The molecular formula is C23H21FN4O3. The van der Waals surface area contributed by atoms with Crippen molar-refractivity contribution in [2.45, 2.75) is 20.0 Å². The van der Waals surface area contributed by atoms with Crippen LogP contribution in [0.15, 0.2) is 53.5 Å². The molecule has 4 rings (SSSR count). The van der Waals surface area contributed by atoms with Gasteiger partial charge in [0.05, 0.1) is 17.0 Å². The van der Waals surface area contributed by atoms with Crippen molar-refractivity contribution in [3.8, 4) is 0 Å². The van der Waals surface area contributed by atoms with Gasteiger partial charge in [0, 0.05) is 34.8 Å². The van der Waals surface area contributed by atoms with Gasteiger partial charge in [-0.3, -0.25) is 9.59 Å². The molecule has 2 heterocycles. The van der Waals surface area contributed by atoms with Crippen LogP contribution in [-0.4, -0.2) is 33.6 Å². The third-order valence-corrected chi connectivity index (χ3v) is 4.99. The summed E-state index contributed by atoms with van der Waals surface area (Å²) in [4.78, 5) is 32.1. The summed E-state index contributed by atoms with van der Waals surface area (Å²) in [6.07, 6.45) is 0.859. The summed E-state index contributed by atoms with van der Waals surface area (Å²) in [5.41, 5.74) is 2.04. The highest BCUT2D eigenvalue weighted by atomic mass is 19.1. The molecule has 4 N–H and O–H groups in total. The molecule has 1 unspecified atom stereocenters. The zero-order valence-corrected chi connectivity index (χ0v) is 17.0. The van der Waals surface area contributed by atoms with Gasteiger partial charge in [0.15, 0.2) is 0 Å². The number of halogens is 1. The van der Waals surface area contributed by atoms with Gasteiger partial charge < -0.3 is 20.7 Å². The minimum atomic E-state index is -0.650. The van der Waals surface area contributed by atoms with Gasteiger partial charge in [0.2, 0.25) is 0 Å². The van der Waals surface area contributed by atoms with Crippen molar-refractivity contribution in [1.29, 1.82) is 0 Å². The fourth-order valence-corrected chi connectivity index (χ4v) is 3.39. The Kier molecular flexibility index (Phi) is 5.39. The Hall–Kier alpha value is -3.78. The smallest absolute Gasteiger partial charge is 0.256 e. The first-order valence-corrected chi connectivity index (χ1v) is 9.78. The Balaban J connectivity index is 1.81. The number of hydrogen-bond acceptors (Lipinski definition) is 5. The maximum Gasteiger partial charge on any atom is 0.256 e. The zero-order chi connectivity index (χ0) is 22.1. The number of fused-ring (bicyclic) bond motifs is 3. The van der Waals surface area contributed by atoms with E-state index in [9.17, 15) is 19.1 Å². The predicted molar refractivity (Wildman–Crippen MR) is 118 cm³/mol. The molecule has 0 aliphatic carbocycles. The molecule has 0 bridgehead atoms. The molecule has 1 amide bonds. The molecule has 4 aromatic rings. The first kappa shape index (κ1) is 20.5. The highest BCUT2D eigenvalue weighted by molar-refractivity contribution is 6.10. The number of aromatic amines is 1. The van der Waals surface area contributed by atoms with E-state index in [1.807, 2.05) is 6.92 Å². The molecule has 0 fully saturated rings. The van der Waals surface area contributed by atoms with Crippen molar-refractivity contribution in [3.05, 3.63) is 76.0 Å². The summed E-state index contributed by atoms with van der Waals surface area (Å²) < 4.78 is 13.8. The van der Waals surface area contributed by atoms with Gasteiger partial charge in [0.1, 0.15) is 11.6 Å². The number of aliphatic hydroxyl groups is 1. The van der Waals surface area contributed by atoms with Crippen molar-refractivity contribution in [1.82, 2.24) is 15.3 Å². The van der Waals surface area contributed by atoms with E-state index in [0.29, 0.717) is 38.7 Å². The van der Waals surface area contributed by atoms with Crippen molar-refractivity contribution in [2.24, 2.45) is 0 Å². The van der Waals surface area contributed by atoms with Gasteiger partial charge in [-0.1, -0.05) is 6.07 Å². The van der Waals surface area contributed by atoms with E-state index in [0.717, 1.165) is 5.56 Å². The SMILES string of the molecule is Cc1ccc(C(=O)NCC(C)O)cc1Nc1nc2ccc(F)cc2c2c(=O)[nH]ccc12. The molecule has 8 heteroatoms. The van der Waals surface area contributed by atoms with Crippen molar-refractivity contribution >= 4 is 39.1 Å². The lowest BCUT2D eigenvalue weighted by atomic mass is 10.1. The Morgan fingerprint density at radius 3 is 2.77 bits per heavy atom. The highest BCUT2D eigenvalue weighted by Crippen LogP contribution is 2.30. The lowest BCUT2D eigenvalue weighted by Crippen LogP contribution is -2.30. The number of carbonyl (C=O) groups is 1. The summed E-state index contributed by atoms with van der Waals surface area (Å²) in [5, 5.41) is 16.6. The van der Waals surface area contributed by atoms with Crippen LogP contribution in [0.25, 0.3) is 21.7 Å². The number of aliphatic hydroxyl groups excluding tert-OH is 1. The summed E-state index contributed by atoms with van der Waals surface area (Å²) >= 11 is 0. The van der Waals surface area contributed by atoms with E-state index in [1.165, 1.54) is 24.4 Å². The van der Waals surface area contributed by atoms with Crippen LogP contribution in [0.1, 0.15) is 22.8 Å². The number of pyridine rings is 2. The molecule has 0 radical (unpaired) electrons. The van der Waals surface area contributed by atoms with Crippen LogP contribution in [-0.2, 0) is 0 Å². The van der Waals surface area contributed by atoms with E-state index in [4.69, 9.17) is 0 Å². The molecule has 31 heavy (non-hydrogen) atoms. The molecular weight excluding hydrogens is 399 g/mol. The quantitative estimate of drug-likeness (QED) is 0.370. The van der Waals surface area contributed by atoms with Crippen molar-refractivity contribution < 1.29 is 14.3 Å². The Bertz CT molecular complexity index is 1360. The van der Waals surface area contributed by atoms with Crippen molar-refractivity contribution in [3.63, 3.8) is 0 Å². The number of rotatable bonds is 5. The molecule has 7 nitrogen and oxygen atoms in total. The summed E-state index contributed by atoms with van der Waals surface area (Å²) in [7, 11) is 0. The summed E-state index contributed by atoms with van der Waals surface area (Å²) in [6, 6.07) is 11.0. The molecule has 0 aliphatic rings. The van der Waals surface area contributed by atoms with Crippen LogP contribution >= 0.6 is 0 Å². The lowest BCUT2D eigenvalue weighted by molar-refractivity contribution is 0.0924. The normalized spacial score (nSPS) is 12.1. The van der Waals surface area contributed by atoms with Gasteiger partial charge in [-0.25, -0.2) is 9.37 Å². The fourth-order valence-electron chi connectivity index (χ4n) is 3.39. The number of amides is 1. The number of nitrogens with one attached hydrogen (secondary N) is 3. The number of benzene rings is 2. The predicted octanol–water partition coefficient (Wildman–Crippen LogP) is 3.38. The number of carbonyl (C=O) groups excluding carboxylic acids is 1. The van der Waals surface area contributed by atoms with Crippen LogP contribution in [0.4, 0.5) is 15.9 Å². The number of H-pyrrole nitrogens is 1. The zero-order valence-electron chi connectivity index (χ0n) is 17.0. The Labute approximate surface area is 176 Å². The Morgan fingerprint density at radius 2 is 2.00 bits per heavy atom. The fraction of sp³-hybridized carbons (Fsp3) is 0.174. The maximum atomic E-state index is 13.8. The third-order valence-electron chi connectivity index (χ3n) is 4.99. The molecule has 0 spiro atoms. The van der Waals surface area contributed by atoms with E-state index in [2.05, 4.69) is 20.6 Å². The number of aryl methyl sites for hydroxylation is 1. The monoisotopic (exact) mass is 420 g/mol. The number of aromatic nitrogens is 2. The largest absolute Gasteiger partial charge is 0.392 e. The number of nitrogens with zero attached hydrogens (tertiary/aromatic N) is 1. The lowest BCUT2D eigenvalue weighted by Gasteiger charge is -2.14. The van der Waals surface area contributed by atoms with Gasteiger partial charge in [-0.15, -0.1) is 0 Å². The Morgan fingerprint density at radius 1 is 1.19 bits per heavy atom. The van der Waals surface area contributed by atoms with Gasteiger partial charge in [-0.2, -0.15) is 0 Å². The van der Waals surface area contributed by atoms with Crippen LogP contribution in [0.3, 0.4) is 0 Å². The second-order valence-corrected chi connectivity index (χ2v) is 7.43. The second kappa shape index (κ2) is 8.16. The van der Waals surface area contributed by atoms with Crippen LogP contribution in [0, 0.1) is 12.7 Å². The third kappa shape index (κ3) is 4.10. The highest BCUT2D eigenvalue weighted by Gasteiger charge is 2.14. The van der Waals surface area contributed by atoms with E-state index >= 15 is 0 Å². The minimum absolute atomic E-state index is 0.145. The molecule has 1 atom stereocenters. The van der Waals surface area contributed by atoms with Gasteiger partial charge in [0.25, 0.3) is 11.5 Å². The first-order chi connectivity index (χ1) is 14.8. The van der Waals surface area contributed by atoms with E-state index in [1.54, 1.807) is 31.2 Å². The average molecular weight is 420 g/mol. The van der Waals surface area contributed by atoms with Gasteiger partial charge in [-0.05, 0) is 55.8 Å². The van der Waals surface area contributed by atoms with Gasteiger partial charge >= 0.3 is 0 Å². The van der Waals surface area contributed by atoms with E-state index < -0.39 is 11.9 Å². The molecule has 0 saturated carbocycles. The molecule has 0 saturated heterocycles. The van der Waals surface area contributed by atoms with E-state index in [-0.39, 0.29) is 18.0 Å². The standard InChI is InChI=1S/C23H21FN4O3/c1-12-3-4-14(22(30)26-11-13(2)29)9-19(12)28-21-16-7-8-25-23(31)20(16)17-10-15(24)5-6-18(17)27-21/h3-10,13,29H,11H2,1-2H3,(H,25,31)(H,26,30)(H,27,28). The van der Waals surface area contributed by atoms with Crippen LogP contribution in [0.5, 0.6) is 0 Å². The maximum absolute atomic E-state index is 13.8. The molecule has 158 valence electrons. The summed E-state index contributed by atoms with van der Waals surface area (Å²) in [6.45, 7) is 3.61. The summed E-state index contributed by atoms with van der Waals surface area (Å²) in [5.74, 6) is -0.344. The van der Waals surface area contributed by atoms with Crippen LogP contribution in [0.2, 0.25) is 0 Å². The molecule has 0 aliphatic heterocycles. The van der Waals surface area contributed by atoms with Crippen LogP contribution < -0.4 is 16.2 Å². The topological polar surface area (TPSA) is 107 Å². The van der Waals surface area contributed by atoms with Crippen molar-refractivity contribution in [2.75, 3.05) is 11.9 Å². The number of hydrogen-bond donors (Lipinski definition) is 4. The average Bonchev–Trinajstić information content (AvgIpc) is 2.74. The molecule has 2 aromatic carbocycles. The molecule has 2 aromatic heterocycles. The first-order valence-electron chi connectivity index (χ1n) is 9.78.